The number of carbonyl (C=O) groups is 2. The number of anilines is 1. The van der Waals surface area contributed by atoms with E-state index in [-0.39, 0.29) is 18.1 Å². The molecule has 4 heteroatoms. The lowest BCUT2D eigenvalue weighted by atomic mass is 10.1. The molecule has 4 nitrogen and oxygen atoms in total. The summed E-state index contributed by atoms with van der Waals surface area (Å²) in [7, 11) is 0. The van der Waals surface area contributed by atoms with E-state index in [9.17, 15) is 9.59 Å². The maximum atomic E-state index is 12.1. The highest BCUT2D eigenvalue weighted by atomic mass is 16.3. The molecule has 1 heterocycles. The number of furan rings is 1. The normalized spacial score (nSPS) is 10.6. The summed E-state index contributed by atoms with van der Waals surface area (Å²) in [5.74, 6) is -0.120. The predicted octanol–water partition coefficient (Wildman–Crippen LogP) is 3.82. The van der Waals surface area contributed by atoms with Crippen molar-refractivity contribution in [2.24, 2.45) is 0 Å². The third-order valence-electron chi connectivity index (χ3n) is 3.49. The van der Waals surface area contributed by atoms with E-state index in [2.05, 4.69) is 5.32 Å². The maximum Gasteiger partial charge on any atom is 0.228 e. The van der Waals surface area contributed by atoms with Crippen LogP contribution in [-0.2, 0) is 11.2 Å². The number of amides is 1. The van der Waals surface area contributed by atoms with Gasteiger partial charge in [-0.2, -0.15) is 0 Å². The smallest absolute Gasteiger partial charge is 0.228 e. The van der Waals surface area contributed by atoms with E-state index in [0.29, 0.717) is 11.3 Å². The lowest BCUT2D eigenvalue weighted by molar-refractivity contribution is -0.115. The highest BCUT2D eigenvalue weighted by Crippen LogP contribution is 2.21. The van der Waals surface area contributed by atoms with Crippen molar-refractivity contribution in [1.82, 2.24) is 0 Å². The number of Topliss-reactive ketones (excluding diaryl/α,β-unsaturated/α-hetero) is 1. The van der Waals surface area contributed by atoms with E-state index in [1.165, 1.54) is 6.92 Å². The Kier molecular flexibility index (Phi) is 3.74. The average molecular weight is 293 g/mol. The summed E-state index contributed by atoms with van der Waals surface area (Å²) in [5, 5.41) is 3.77. The third kappa shape index (κ3) is 2.91. The number of hydrogen-bond donors (Lipinski definition) is 1. The van der Waals surface area contributed by atoms with Crippen LogP contribution in [0, 0.1) is 0 Å². The summed E-state index contributed by atoms with van der Waals surface area (Å²) >= 11 is 0. The first kappa shape index (κ1) is 14.1. The van der Waals surface area contributed by atoms with Crippen LogP contribution >= 0.6 is 0 Å². The number of carbonyl (C=O) groups excluding carboxylic acids is 2. The van der Waals surface area contributed by atoms with Crippen molar-refractivity contribution in [1.29, 1.82) is 0 Å². The van der Waals surface area contributed by atoms with Gasteiger partial charge in [-0.15, -0.1) is 0 Å². The Bertz CT molecular complexity index is 831. The molecule has 22 heavy (non-hydrogen) atoms. The van der Waals surface area contributed by atoms with Crippen molar-refractivity contribution in [2.75, 3.05) is 5.32 Å². The van der Waals surface area contributed by atoms with Gasteiger partial charge in [-0.3, -0.25) is 9.59 Å². The molecule has 0 saturated carbocycles. The van der Waals surface area contributed by atoms with Crippen molar-refractivity contribution in [3.05, 3.63) is 65.9 Å². The van der Waals surface area contributed by atoms with Crippen LogP contribution < -0.4 is 5.32 Å². The minimum absolute atomic E-state index is 0.00254. The molecule has 0 atom stereocenters. The average Bonchev–Trinajstić information content (AvgIpc) is 2.91. The maximum absolute atomic E-state index is 12.1. The van der Waals surface area contributed by atoms with Gasteiger partial charge in [0.15, 0.2) is 5.78 Å². The molecule has 0 aliphatic heterocycles. The molecule has 0 fully saturated rings. The van der Waals surface area contributed by atoms with E-state index >= 15 is 0 Å². The van der Waals surface area contributed by atoms with Gasteiger partial charge in [-0.25, -0.2) is 0 Å². The fourth-order valence-corrected chi connectivity index (χ4v) is 2.34. The first-order valence-electron chi connectivity index (χ1n) is 6.99. The number of benzene rings is 2. The number of nitrogens with one attached hydrogen (secondary N) is 1. The molecule has 110 valence electrons. The van der Waals surface area contributed by atoms with Crippen molar-refractivity contribution >= 4 is 28.3 Å². The van der Waals surface area contributed by atoms with E-state index in [0.717, 1.165) is 16.5 Å². The second-order valence-electron chi connectivity index (χ2n) is 5.12. The van der Waals surface area contributed by atoms with Crippen LogP contribution in [-0.4, -0.2) is 11.7 Å². The number of ketones is 1. The van der Waals surface area contributed by atoms with Crippen LogP contribution in [0.25, 0.3) is 11.0 Å². The number of para-hydroxylation sites is 1. The number of hydrogen-bond acceptors (Lipinski definition) is 3. The SMILES string of the molecule is CC(=O)c1ccc(NC(=O)Cc2coc3ccccc23)cc1. The molecule has 0 radical (unpaired) electrons. The Balaban J connectivity index is 1.71. The zero-order valence-electron chi connectivity index (χ0n) is 12.1. The third-order valence-corrected chi connectivity index (χ3v) is 3.49. The van der Waals surface area contributed by atoms with E-state index in [1.54, 1.807) is 30.5 Å². The van der Waals surface area contributed by atoms with E-state index in [1.807, 2.05) is 24.3 Å². The highest BCUT2D eigenvalue weighted by Gasteiger charge is 2.10. The number of fused-ring (bicyclic) bond motifs is 1. The first-order valence-corrected chi connectivity index (χ1v) is 6.99. The number of rotatable bonds is 4. The molecule has 1 amide bonds. The summed E-state index contributed by atoms with van der Waals surface area (Å²) in [4.78, 5) is 23.3. The van der Waals surface area contributed by atoms with Crippen LogP contribution in [0.3, 0.4) is 0 Å². The minimum Gasteiger partial charge on any atom is -0.464 e. The minimum atomic E-state index is -0.123. The molecular formula is C18H15NO3. The standard InChI is InChI=1S/C18H15NO3/c1-12(20)13-6-8-15(9-7-13)19-18(21)10-14-11-22-17-5-3-2-4-16(14)17/h2-9,11H,10H2,1H3,(H,19,21). The summed E-state index contributed by atoms with van der Waals surface area (Å²) in [6.07, 6.45) is 1.86. The zero-order valence-corrected chi connectivity index (χ0v) is 12.1. The molecule has 2 aromatic carbocycles. The molecule has 0 spiro atoms. The molecule has 1 N–H and O–H groups in total. The fraction of sp³-hybridized carbons (Fsp3) is 0.111. The van der Waals surface area contributed by atoms with Crippen molar-refractivity contribution in [3.8, 4) is 0 Å². The van der Waals surface area contributed by atoms with Gasteiger partial charge in [0.05, 0.1) is 12.7 Å². The van der Waals surface area contributed by atoms with Gasteiger partial charge in [0.1, 0.15) is 5.58 Å². The van der Waals surface area contributed by atoms with E-state index < -0.39 is 0 Å². The van der Waals surface area contributed by atoms with Gasteiger partial charge in [0.2, 0.25) is 5.91 Å². The Morgan fingerprint density at radius 3 is 2.50 bits per heavy atom. The van der Waals surface area contributed by atoms with Gasteiger partial charge in [0.25, 0.3) is 0 Å². The monoisotopic (exact) mass is 293 g/mol. The Labute approximate surface area is 127 Å². The zero-order chi connectivity index (χ0) is 15.5. The van der Waals surface area contributed by atoms with Gasteiger partial charge in [-0.1, -0.05) is 18.2 Å². The lowest BCUT2D eigenvalue weighted by Crippen LogP contribution is -2.14. The quantitative estimate of drug-likeness (QED) is 0.744. The van der Waals surface area contributed by atoms with Gasteiger partial charge in [-0.05, 0) is 37.3 Å². The van der Waals surface area contributed by atoms with E-state index in [4.69, 9.17) is 4.42 Å². The highest BCUT2D eigenvalue weighted by molar-refractivity contribution is 5.97. The molecule has 0 bridgehead atoms. The van der Waals surface area contributed by atoms with Gasteiger partial charge >= 0.3 is 0 Å². The second kappa shape index (κ2) is 5.85. The van der Waals surface area contributed by atoms with Gasteiger partial charge < -0.3 is 9.73 Å². The fourth-order valence-electron chi connectivity index (χ4n) is 2.34. The van der Waals surface area contributed by atoms with Crippen LogP contribution in [0.1, 0.15) is 22.8 Å². The van der Waals surface area contributed by atoms with Crippen molar-refractivity contribution in [3.63, 3.8) is 0 Å². The van der Waals surface area contributed by atoms with Crippen LogP contribution in [0.4, 0.5) is 5.69 Å². The molecule has 0 unspecified atom stereocenters. The second-order valence-corrected chi connectivity index (χ2v) is 5.12. The van der Waals surface area contributed by atoms with Crippen LogP contribution in [0.2, 0.25) is 0 Å². The molecule has 0 saturated heterocycles. The molecule has 3 rings (SSSR count). The largest absolute Gasteiger partial charge is 0.464 e. The lowest BCUT2D eigenvalue weighted by Gasteiger charge is -2.05. The Morgan fingerprint density at radius 1 is 1.05 bits per heavy atom. The van der Waals surface area contributed by atoms with Crippen LogP contribution in [0.5, 0.6) is 0 Å². The summed E-state index contributed by atoms with van der Waals surface area (Å²) in [6, 6.07) is 14.5. The molecular weight excluding hydrogens is 278 g/mol. The van der Waals surface area contributed by atoms with Crippen molar-refractivity contribution < 1.29 is 14.0 Å². The summed E-state index contributed by atoms with van der Waals surface area (Å²) in [5.41, 5.74) is 2.92. The molecule has 0 aliphatic carbocycles. The van der Waals surface area contributed by atoms with Crippen molar-refractivity contribution in [2.45, 2.75) is 13.3 Å². The predicted molar refractivity (Wildman–Crippen MR) is 85.0 cm³/mol. The topological polar surface area (TPSA) is 59.3 Å². The summed E-state index contributed by atoms with van der Waals surface area (Å²) < 4.78 is 5.42. The molecule has 3 aromatic rings. The first-order chi connectivity index (χ1) is 10.6. The molecule has 0 aliphatic rings. The van der Waals surface area contributed by atoms with Crippen LogP contribution in [0.15, 0.2) is 59.2 Å². The Morgan fingerprint density at radius 2 is 1.77 bits per heavy atom. The van der Waals surface area contributed by atoms with Gasteiger partial charge in [0, 0.05) is 22.2 Å². The molecule has 1 aromatic heterocycles. The Hall–Kier alpha value is -2.88. The summed E-state index contributed by atoms with van der Waals surface area (Å²) in [6.45, 7) is 1.51.